The number of carbonyl (C=O) groups is 2. The molecule has 0 aliphatic heterocycles. The molecule has 0 radical (unpaired) electrons. The highest BCUT2D eigenvalue weighted by molar-refractivity contribution is 5.96. The van der Waals surface area contributed by atoms with Crippen molar-refractivity contribution in [1.29, 1.82) is 0 Å². The first-order valence-electron chi connectivity index (χ1n) is 8.66. The van der Waals surface area contributed by atoms with Crippen LogP contribution in [0.2, 0.25) is 0 Å². The van der Waals surface area contributed by atoms with Gasteiger partial charge in [0.05, 0.1) is 50.8 Å². The van der Waals surface area contributed by atoms with E-state index >= 15 is 0 Å². The van der Waals surface area contributed by atoms with Gasteiger partial charge in [-0.15, -0.1) is 0 Å². The summed E-state index contributed by atoms with van der Waals surface area (Å²) in [6.45, 7) is 0.292. The molecule has 0 heterocycles. The van der Waals surface area contributed by atoms with Crippen LogP contribution < -0.4 is 0 Å². The Morgan fingerprint density at radius 1 is 0.679 bits per heavy atom. The minimum Gasteiger partial charge on any atom is -0.478 e. The summed E-state index contributed by atoms with van der Waals surface area (Å²) >= 11 is 0. The van der Waals surface area contributed by atoms with Gasteiger partial charge in [-0.1, -0.05) is 6.07 Å². The number of ether oxygens (including phenoxy) is 4. The molecule has 158 valence electrons. The second-order valence-corrected chi connectivity index (χ2v) is 5.59. The van der Waals surface area contributed by atoms with Gasteiger partial charge in [0.25, 0.3) is 0 Å². The minimum atomic E-state index is -1.23. The number of aromatic carboxylic acids is 2. The number of carboxylic acid groups (broad SMARTS) is 2. The lowest BCUT2D eigenvalue weighted by molar-refractivity contribution is -0.0614. The van der Waals surface area contributed by atoms with Crippen LogP contribution in [-0.4, -0.2) is 85.6 Å². The fraction of sp³-hybridized carbons (Fsp3) is 0.556. The molecule has 0 saturated carbocycles. The van der Waals surface area contributed by atoms with Crippen LogP contribution in [0.15, 0.2) is 12.1 Å². The molecule has 0 bridgehead atoms. The first kappa shape index (κ1) is 24.0. The fourth-order valence-corrected chi connectivity index (χ4v) is 2.35. The Bertz CT molecular complexity index is 567. The highest BCUT2D eigenvalue weighted by Gasteiger charge is 2.18. The van der Waals surface area contributed by atoms with Crippen LogP contribution in [0.3, 0.4) is 0 Å². The molecule has 4 N–H and O–H groups in total. The van der Waals surface area contributed by atoms with E-state index in [9.17, 15) is 19.8 Å². The SMILES string of the molecule is O=C(O)c1cc(C(=O)O)c(CCOCOCCO)cc1CCOCOCCO. The lowest BCUT2D eigenvalue weighted by Crippen LogP contribution is -2.14. The summed E-state index contributed by atoms with van der Waals surface area (Å²) < 4.78 is 20.4. The van der Waals surface area contributed by atoms with Crippen molar-refractivity contribution in [2.45, 2.75) is 12.8 Å². The number of hydrogen-bond donors (Lipinski definition) is 4. The maximum Gasteiger partial charge on any atom is 0.335 e. The van der Waals surface area contributed by atoms with Gasteiger partial charge < -0.3 is 39.4 Å². The second kappa shape index (κ2) is 14.0. The third-order valence-corrected chi connectivity index (χ3v) is 3.63. The second-order valence-electron chi connectivity index (χ2n) is 5.59. The van der Waals surface area contributed by atoms with E-state index in [1.807, 2.05) is 0 Å². The van der Waals surface area contributed by atoms with E-state index in [-0.39, 0.29) is 77.2 Å². The Balaban J connectivity index is 2.79. The first-order chi connectivity index (χ1) is 13.5. The molecule has 28 heavy (non-hydrogen) atoms. The van der Waals surface area contributed by atoms with Crippen LogP contribution in [0.4, 0.5) is 0 Å². The van der Waals surface area contributed by atoms with Crippen molar-refractivity contribution in [3.05, 3.63) is 34.4 Å². The summed E-state index contributed by atoms with van der Waals surface area (Å²) in [5, 5.41) is 36.0. The molecule has 1 aromatic carbocycles. The maximum absolute atomic E-state index is 11.5. The van der Waals surface area contributed by atoms with Gasteiger partial charge in [-0.2, -0.15) is 0 Å². The van der Waals surface area contributed by atoms with Crippen molar-refractivity contribution in [3.8, 4) is 0 Å². The molecule has 0 unspecified atom stereocenters. The molecule has 0 aliphatic carbocycles. The van der Waals surface area contributed by atoms with Crippen molar-refractivity contribution in [2.75, 3.05) is 53.2 Å². The Morgan fingerprint density at radius 3 is 1.43 bits per heavy atom. The summed E-state index contributed by atoms with van der Waals surface area (Å²) in [4.78, 5) is 23.0. The van der Waals surface area contributed by atoms with Gasteiger partial charge in [0.2, 0.25) is 0 Å². The zero-order chi connectivity index (χ0) is 20.8. The van der Waals surface area contributed by atoms with Gasteiger partial charge in [-0.3, -0.25) is 0 Å². The van der Waals surface area contributed by atoms with Gasteiger partial charge in [-0.05, 0) is 30.0 Å². The van der Waals surface area contributed by atoms with Crippen molar-refractivity contribution < 1.29 is 49.0 Å². The maximum atomic E-state index is 11.5. The molecule has 10 heteroatoms. The van der Waals surface area contributed by atoms with Crippen LogP contribution in [0.25, 0.3) is 0 Å². The van der Waals surface area contributed by atoms with Crippen molar-refractivity contribution in [3.63, 3.8) is 0 Å². The molecule has 1 aromatic rings. The third kappa shape index (κ3) is 8.74. The quantitative estimate of drug-likeness (QED) is 0.222. The van der Waals surface area contributed by atoms with Gasteiger partial charge in [0, 0.05) is 0 Å². The lowest BCUT2D eigenvalue weighted by atomic mass is 9.95. The molecule has 0 aromatic heterocycles. The number of rotatable bonds is 16. The van der Waals surface area contributed by atoms with E-state index < -0.39 is 11.9 Å². The van der Waals surface area contributed by atoms with E-state index in [1.165, 1.54) is 6.07 Å². The van der Waals surface area contributed by atoms with Crippen LogP contribution in [-0.2, 0) is 31.8 Å². The van der Waals surface area contributed by atoms with Crippen LogP contribution in [0.1, 0.15) is 31.8 Å². The molecule has 0 atom stereocenters. The highest BCUT2D eigenvalue weighted by atomic mass is 16.7. The van der Waals surface area contributed by atoms with Crippen LogP contribution >= 0.6 is 0 Å². The van der Waals surface area contributed by atoms with Gasteiger partial charge in [-0.25, -0.2) is 9.59 Å². The molecule has 0 spiro atoms. The van der Waals surface area contributed by atoms with Gasteiger partial charge in [0.15, 0.2) is 0 Å². The number of hydrogen-bond acceptors (Lipinski definition) is 8. The van der Waals surface area contributed by atoms with Gasteiger partial charge in [0.1, 0.15) is 13.6 Å². The van der Waals surface area contributed by atoms with Crippen molar-refractivity contribution in [1.82, 2.24) is 0 Å². The van der Waals surface area contributed by atoms with Gasteiger partial charge >= 0.3 is 11.9 Å². The monoisotopic (exact) mass is 402 g/mol. The number of carboxylic acids is 2. The Labute approximate surface area is 162 Å². The predicted molar refractivity (Wildman–Crippen MR) is 95.5 cm³/mol. The summed E-state index contributed by atoms with van der Waals surface area (Å²) in [5.74, 6) is -2.46. The zero-order valence-electron chi connectivity index (χ0n) is 15.5. The average Bonchev–Trinajstić information content (AvgIpc) is 2.66. The Hall–Kier alpha value is -2.08. The van der Waals surface area contributed by atoms with E-state index in [0.717, 1.165) is 6.07 Å². The molecular formula is C18H26O10. The van der Waals surface area contributed by atoms with Crippen molar-refractivity contribution >= 4 is 11.9 Å². The lowest BCUT2D eigenvalue weighted by Gasteiger charge is -2.13. The first-order valence-corrected chi connectivity index (χ1v) is 8.66. The summed E-state index contributed by atoms with van der Waals surface area (Å²) in [6, 6.07) is 2.67. The predicted octanol–water partition coefficient (Wildman–Crippen LogP) is 0.134. The minimum absolute atomic E-state index is 0.0370. The smallest absolute Gasteiger partial charge is 0.335 e. The third-order valence-electron chi connectivity index (χ3n) is 3.63. The van der Waals surface area contributed by atoms with Crippen LogP contribution in [0, 0.1) is 0 Å². The normalized spacial score (nSPS) is 10.9. The molecule has 1 rings (SSSR count). The van der Waals surface area contributed by atoms with Crippen molar-refractivity contribution in [2.24, 2.45) is 0 Å². The Morgan fingerprint density at radius 2 is 1.07 bits per heavy atom. The molecule has 0 fully saturated rings. The molecular weight excluding hydrogens is 376 g/mol. The number of benzene rings is 1. The largest absolute Gasteiger partial charge is 0.478 e. The standard InChI is InChI=1S/C18H26O10/c19-3-7-27-11-25-5-1-13-9-14(2-6-26-12-28-8-4-20)16(18(23)24)10-15(13)17(21)22/h9-10,19-20H,1-8,11-12H2,(H,21,22)(H,23,24). The fourth-order valence-electron chi connectivity index (χ4n) is 2.35. The number of aliphatic hydroxyl groups is 2. The van der Waals surface area contributed by atoms with E-state index in [1.54, 1.807) is 0 Å². The zero-order valence-corrected chi connectivity index (χ0v) is 15.5. The van der Waals surface area contributed by atoms with Crippen LogP contribution in [0.5, 0.6) is 0 Å². The number of aliphatic hydroxyl groups excluding tert-OH is 2. The molecule has 10 nitrogen and oxygen atoms in total. The summed E-state index contributed by atoms with van der Waals surface area (Å²) in [6.07, 6.45) is 0.495. The molecule has 0 aliphatic rings. The highest BCUT2D eigenvalue weighted by Crippen LogP contribution is 2.20. The van der Waals surface area contributed by atoms with E-state index in [2.05, 4.69) is 0 Å². The van der Waals surface area contributed by atoms with E-state index in [0.29, 0.717) is 11.1 Å². The average molecular weight is 402 g/mol. The topological polar surface area (TPSA) is 152 Å². The molecule has 0 saturated heterocycles. The summed E-state index contributed by atoms with van der Waals surface area (Å²) in [5.41, 5.74) is 0.666. The summed E-state index contributed by atoms with van der Waals surface area (Å²) in [7, 11) is 0. The Kier molecular flexibility index (Phi) is 12.0. The van der Waals surface area contributed by atoms with E-state index in [4.69, 9.17) is 29.2 Å². The molecule has 0 amide bonds.